The summed E-state index contributed by atoms with van der Waals surface area (Å²) in [6, 6.07) is 0.143. The van der Waals surface area contributed by atoms with Crippen molar-refractivity contribution in [1.29, 1.82) is 0 Å². The van der Waals surface area contributed by atoms with Gasteiger partial charge in [-0.25, -0.2) is 9.50 Å². The lowest BCUT2D eigenvalue weighted by molar-refractivity contribution is 0.525. The number of rotatable bonds is 5. The SMILES string of the molecule is CCNC(Cc1ncnn1C)c1cnn2ccncc12. The smallest absolute Gasteiger partial charge is 0.138 e. The van der Waals surface area contributed by atoms with Crippen LogP contribution in [0, 0.1) is 0 Å². The third-order valence-corrected chi connectivity index (χ3v) is 3.37. The Morgan fingerprint density at radius 1 is 1.30 bits per heavy atom. The topological polar surface area (TPSA) is 72.9 Å². The molecule has 1 unspecified atom stereocenters. The molecule has 3 aromatic rings. The number of aryl methyl sites for hydroxylation is 1. The van der Waals surface area contributed by atoms with Gasteiger partial charge in [0.15, 0.2) is 0 Å². The number of hydrogen-bond acceptors (Lipinski definition) is 5. The standard InChI is InChI=1S/C13H17N7/c1-3-15-11(6-13-16-9-18-19(13)2)10-7-17-20-5-4-14-8-12(10)20/h4-5,7-9,11,15H,3,6H2,1-2H3. The van der Waals surface area contributed by atoms with Gasteiger partial charge in [0.05, 0.1) is 17.9 Å². The van der Waals surface area contributed by atoms with E-state index < -0.39 is 0 Å². The lowest BCUT2D eigenvalue weighted by Crippen LogP contribution is -2.24. The summed E-state index contributed by atoms with van der Waals surface area (Å²) >= 11 is 0. The van der Waals surface area contributed by atoms with Crippen molar-refractivity contribution in [3.63, 3.8) is 0 Å². The Balaban J connectivity index is 1.96. The van der Waals surface area contributed by atoms with Crippen LogP contribution < -0.4 is 5.32 Å². The molecule has 3 aromatic heterocycles. The first kappa shape index (κ1) is 12.7. The van der Waals surface area contributed by atoms with Crippen molar-refractivity contribution in [2.24, 2.45) is 7.05 Å². The molecule has 0 aliphatic rings. The summed E-state index contributed by atoms with van der Waals surface area (Å²) in [6.07, 6.45) is 9.65. The van der Waals surface area contributed by atoms with Gasteiger partial charge in [-0.15, -0.1) is 0 Å². The highest BCUT2D eigenvalue weighted by molar-refractivity contribution is 5.53. The first-order valence-electron chi connectivity index (χ1n) is 6.63. The first-order valence-corrected chi connectivity index (χ1v) is 6.63. The molecule has 0 radical (unpaired) electrons. The highest BCUT2D eigenvalue weighted by Gasteiger charge is 2.18. The molecule has 3 rings (SSSR count). The average molecular weight is 271 g/mol. The van der Waals surface area contributed by atoms with Crippen LogP contribution in [0.1, 0.15) is 24.4 Å². The molecule has 3 heterocycles. The molecule has 0 spiro atoms. The van der Waals surface area contributed by atoms with Crippen LogP contribution in [0.5, 0.6) is 0 Å². The fourth-order valence-electron chi connectivity index (χ4n) is 2.35. The first-order chi connectivity index (χ1) is 9.79. The summed E-state index contributed by atoms with van der Waals surface area (Å²) in [5.74, 6) is 0.944. The second-order valence-electron chi connectivity index (χ2n) is 4.62. The summed E-state index contributed by atoms with van der Waals surface area (Å²) in [7, 11) is 1.91. The molecule has 7 nitrogen and oxygen atoms in total. The van der Waals surface area contributed by atoms with E-state index in [-0.39, 0.29) is 6.04 Å². The van der Waals surface area contributed by atoms with Crippen LogP contribution in [0.3, 0.4) is 0 Å². The molecule has 7 heteroatoms. The van der Waals surface area contributed by atoms with Crippen LogP contribution in [0.15, 0.2) is 31.1 Å². The quantitative estimate of drug-likeness (QED) is 0.741. The minimum atomic E-state index is 0.143. The van der Waals surface area contributed by atoms with Gasteiger partial charge in [-0.3, -0.25) is 9.67 Å². The van der Waals surface area contributed by atoms with E-state index in [1.54, 1.807) is 17.2 Å². The molecule has 0 aliphatic heterocycles. The number of likely N-dealkylation sites (N-methyl/N-ethyl adjacent to an activating group) is 1. The van der Waals surface area contributed by atoms with Gasteiger partial charge in [0.1, 0.15) is 12.2 Å². The summed E-state index contributed by atoms with van der Waals surface area (Å²) in [5.41, 5.74) is 2.14. The van der Waals surface area contributed by atoms with E-state index in [1.165, 1.54) is 0 Å². The molecule has 0 saturated carbocycles. The number of nitrogens with zero attached hydrogens (tertiary/aromatic N) is 6. The van der Waals surface area contributed by atoms with Crippen molar-refractivity contribution in [3.05, 3.63) is 42.5 Å². The second-order valence-corrected chi connectivity index (χ2v) is 4.62. The summed E-state index contributed by atoms with van der Waals surface area (Å²) in [4.78, 5) is 8.48. The van der Waals surface area contributed by atoms with Crippen molar-refractivity contribution in [2.75, 3.05) is 6.54 Å². The third-order valence-electron chi connectivity index (χ3n) is 3.37. The lowest BCUT2D eigenvalue weighted by atomic mass is 10.1. The van der Waals surface area contributed by atoms with Crippen LogP contribution in [0.25, 0.3) is 5.52 Å². The fraction of sp³-hybridized carbons (Fsp3) is 0.385. The Morgan fingerprint density at radius 3 is 2.95 bits per heavy atom. The van der Waals surface area contributed by atoms with Gasteiger partial charge in [-0.2, -0.15) is 10.2 Å². The molecular weight excluding hydrogens is 254 g/mol. The zero-order chi connectivity index (χ0) is 13.9. The zero-order valence-corrected chi connectivity index (χ0v) is 11.6. The fourth-order valence-corrected chi connectivity index (χ4v) is 2.35. The molecule has 0 aliphatic carbocycles. The molecular formula is C13H17N7. The van der Waals surface area contributed by atoms with E-state index in [9.17, 15) is 0 Å². The number of nitrogens with one attached hydrogen (secondary N) is 1. The number of fused-ring (bicyclic) bond motifs is 1. The van der Waals surface area contributed by atoms with Crippen molar-refractivity contribution in [3.8, 4) is 0 Å². The van der Waals surface area contributed by atoms with Gasteiger partial charge in [-0.05, 0) is 6.54 Å². The van der Waals surface area contributed by atoms with Crippen molar-refractivity contribution in [1.82, 2.24) is 34.7 Å². The van der Waals surface area contributed by atoms with Gasteiger partial charge in [0, 0.05) is 37.5 Å². The van der Waals surface area contributed by atoms with Crippen LogP contribution >= 0.6 is 0 Å². The van der Waals surface area contributed by atoms with Crippen LogP contribution in [-0.4, -0.2) is 35.9 Å². The maximum absolute atomic E-state index is 4.37. The second kappa shape index (κ2) is 5.38. The maximum atomic E-state index is 4.37. The van der Waals surface area contributed by atoms with Gasteiger partial charge in [-0.1, -0.05) is 6.92 Å². The minimum Gasteiger partial charge on any atom is -0.310 e. The van der Waals surface area contributed by atoms with Crippen molar-refractivity contribution < 1.29 is 0 Å². The minimum absolute atomic E-state index is 0.143. The molecule has 0 amide bonds. The molecule has 0 fully saturated rings. The predicted octanol–water partition coefficient (Wildman–Crippen LogP) is 0.751. The monoisotopic (exact) mass is 271 g/mol. The molecule has 0 saturated heterocycles. The van der Waals surface area contributed by atoms with E-state index in [0.717, 1.165) is 29.9 Å². The van der Waals surface area contributed by atoms with E-state index >= 15 is 0 Å². The molecule has 104 valence electrons. The summed E-state index contributed by atoms with van der Waals surface area (Å²) in [6.45, 7) is 2.97. The van der Waals surface area contributed by atoms with Crippen molar-refractivity contribution >= 4 is 5.52 Å². The predicted molar refractivity (Wildman–Crippen MR) is 74.1 cm³/mol. The Hall–Kier alpha value is -2.28. The van der Waals surface area contributed by atoms with Crippen LogP contribution in [0.4, 0.5) is 0 Å². The van der Waals surface area contributed by atoms with Crippen LogP contribution in [-0.2, 0) is 13.5 Å². The van der Waals surface area contributed by atoms with Gasteiger partial charge < -0.3 is 5.32 Å². The zero-order valence-electron chi connectivity index (χ0n) is 11.6. The third kappa shape index (κ3) is 2.27. The summed E-state index contributed by atoms with van der Waals surface area (Å²) < 4.78 is 3.64. The number of hydrogen-bond donors (Lipinski definition) is 1. The molecule has 20 heavy (non-hydrogen) atoms. The Morgan fingerprint density at radius 2 is 2.20 bits per heavy atom. The molecule has 1 N–H and O–H groups in total. The van der Waals surface area contributed by atoms with E-state index in [2.05, 4.69) is 32.4 Å². The Labute approximate surface area is 116 Å². The molecule has 0 aromatic carbocycles. The largest absolute Gasteiger partial charge is 0.310 e. The molecule has 1 atom stereocenters. The van der Waals surface area contributed by atoms with E-state index in [1.807, 2.05) is 30.2 Å². The molecule has 0 bridgehead atoms. The van der Waals surface area contributed by atoms with E-state index in [4.69, 9.17) is 0 Å². The lowest BCUT2D eigenvalue weighted by Gasteiger charge is -2.16. The Bertz CT molecular complexity index is 699. The normalized spacial score (nSPS) is 12.9. The highest BCUT2D eigenvalue weighted by Crippen LogP contribution is 2.21. The van der Waals surface area contributed by atoms with Crippen LogP contribution in [0.2, 0.25) is 0 Å². The van der Waals surface area contributed by atoms with E-state index in [0.29, 0.717) is 0 Å². The maximum Gasteiger partial charge on any atom is 0.138 e. The average Bonchev–Trinajstić information content (AvgIpc) is 3.05. The van der Waals surface area contributed by atoms with Gasteiger partial charge in [0.25, 0.3) is 0 Å². The van der Waals surface area contributed by atoms with Gasteiger partial charge in [0.2, 0.25) is 0 Å². The number of aromatic nitrogens is 6. The summed E-state index contributed by atoms with van der Waals surface area (Å²) in [5, 5.41) is 12.0. The van der Waals surface area contributed by atoms with Crippen molar-refractivity contribution in [2.45, 2.75) is 19.4 Å². The highest BCUT2D eigenvalue weighted by atomic mass is 15.3. The Kier molecular flexibility index (Phi) is 3.42. The van der Waals surface area contributed by atoms with Gasteiger partial charge >= 0.3 is 0 Å².